The molecule has 2 aliphatic rings. The summed E-state index contributed by atoms with van der Waals surface area (Å²) in [4.78, 5) is 6.76. The van der Waals surface area contributed by atoms with E-state index in [1.807, 2.05) is 12.1 Å². The highest BCUT2D eigenvalue weighted by molar-refractivity contribution is 5.81. The van der Waals surface area contributed by atoms with Gasteiger partial charge in [-0.1, -0.05) is 12.8 Å². The van der Waals surface area contributed by atoms with Crippen molar-refractivity contribution in [3.63, 3.8) is 0 Å². The van der Waals surface area contributed by atoms with E-state index < -0.39 is 0 Å². The summed E-state index contributed by atoms with van der Waals surface area (Å²) in [5.74, 6) is 2.31. The van der Waals surface area contributed by atoms with Crippen molar-refractivity contribution in [2.75, 3.05) is 20.8 Å². The molecule has 21 heavy (non-hydrogen) atoms. The van der Waals surface area contributed by atoms with Crippen molar-refractivity contribution in [2.45, 2.75) is 37.8 Å². The Hall–Kier alpha value is -1.91. The Kier molecular flexibility index (Phi) is 3.90. The molecule has 2 N–H and O–H groups in total. The molecule has 3 rings (SSSR count). The Labute approximate surface area is 125 Å². The summed E-state index contributed by atoms with van der Waals surface area (Å²) in [6.07, 6.45) is 4.96. The van der Waals surface area contributed by atoms with Crippen LogP contribution in [0.1, 0.15) is 37.3 Å². The quantitative estimate of drug-likeness (QED) is 0.924. The molecular formula is C16H23N3O2. The topological polar surface area (TPSA) is 60.1 Å². The van der Waals surface area contributed by atoms with Crippen molar-refractivity contribution >= 4 is 5.96 Å². The van der Waals surface area contributed by atoms with Gasteiger partial charge in [0, 0.05) is 17.7 Å². The maximum atomic E-state index is 6.14. The molecule has 1 fully saturated rings. The predicted molar refractivity (Wildman–Crippen MR) is 82.9 cm³/mol. The maximum absolute atomic E-state index is 6.14. The molecule has 0 amide bonds. The van der Waals surface area contributed by atoms with Gasteiger partial charge >= 0.3 is 0 Å². The highest BCUT2D eigenvalue weighted by atomic mass is 16.5. The van der Waals surface area contributed by atoms with Gasteiger partial charge in [-0.05, 0) is 25.0 Å². The molecule has 114 valence electrons. The molecule has 1 aliphatic heterocycles. The standard InChI is InChI=1S/C16H23N3O2/c1-20-12-7-8-13(15(9-12)21-2)14-10-18-16(17)19(14)11-5-3-4-6-11/h7-9,11,14H,3-6,10H2,1-2H3,(H2,17,18). The molecule has 1 atom stereocenters. The lowest BCUT2D eigenvalue weighted by molar-refractivity contribution is 0.256. The van der Waals surface area contributed by atoms with Crippen LogP contribution in [-0.4, -0.2) is 37.7 Å². The van der Waals surface area contributed by atoms with Crippen molar-refractivity contribution in [1.82, 2.24) is 4.90 Å². The van der Waals surface area contributed by atoms with E-state index in [1.165, 1.54) is 25.7 Å². The molecular weight excluding hydrogens is 266 g/mol. The third-order valence-corrected chi connectivity index (χ3v) is 4.54. The number of hydrogen-bond acceptors (Lipinski definition) is 5. The van der Waals surface area contributed by atoms with Crippen LogP contribution in [0.4, 0.5) is 0 Å². The van der Waals surface area contributed by atoms with E-state index in [4.69, 9.17) is 15.2 Å². The third kappa shape index (κ3) is 2.52. The average Bonchev–Trinajstić information content (AvgIpc) is 3.15. The number of nitrogens with zero attached hydrogens (tertiary/aromatic N) is 2. The van der Waals surface area contributed by atoms with E-state index in [2.05, 4.69) is 16.0 Å². The second-order valence-corrected chi connectivity index (χ2v) is 5.67. The van der Waals surface area contributed by atoms with Crippen molar-refractivity contribution in [3.8, 4) is 11.5 Å². The first-order valence-electron chi connectivity index (χ1n) is 7.54. The first-order chi connectivity index (χ1) is 10.2. The summed E-state index contributed by atoms with van der Waals surface area (Å²) in [7, 11) is 3.35. The number of guanidine groups is 1. The highest BCUT2D eigenvalue weighted by Crippen LogP contribution is 2.38. The summed E-state index contributed by atoms with van der Waals surface area (Å²) in [5, 5.41) is 0. The van der Waals surface area contributed by atoms with Gasteiger partial charge in [0.1, 0.15) is 11.5 Å². The summed E-state index contributed by atoms with van der Waals surface area (Å²) in [5.41, 5.74) is 7.28. The van der Waals surface area contributed by atoms with Crippen LogP contribution >= 0.6 is 0 Å². The lowest BCUT2D eigenvalue weighted by Gasteiger charge is -2.33. The fraction of sp³-hybridized carbons (Fsp3) is 0.562. The highest BCUT2D eigenvalue weighted by Gasteiger charge is 2.36. The van der Waals surface area contributed by atoms with Crippen LogP contribution in [0.3, 0.4) is 0 Å². The van der Waals surface area contributed by atoms with E-state index in [0.717, 1.165) is 17.1 Å². The molecule has 5 heteroatoms. The van der Waals surface area contributed by atoms with Gasteiger partial charge in [-0.3, -0.25) is 4.99 Å². The number of ether oxygens (including phenoxy) is 2. The smallest absolute Gasteiger partial charge is 0.192 e. The van der Waals surface area contributed by atoms with Crippen LogP contribution in [0.25, 0.3) is 0 Å². The Balaban J connectivity index is 1.91. The fourth-order valence-electron chi connectivity index (χ4n) is 3.48. The lowest BCUT2D eigenvalue weighted by atomic mass is 10.0. The number of aliphatic imine (C=N–C) groups is 1. The lowest BCUT2D eigenvalue weighted by Crippen LogP contribution is -2.42. The molecule has 1 heterocycles. The van der Waals surface area contributed by atoms with Crippen molar-refractivity contribution in [3.05, 3.63) is 23.8 Å². The molecule has 0 aromatic heterocycles. The Morgan fingerprint density at radius 2 is 1.95 bits per heavy atom. The zero-order valence-electron chi connectivity index (χ0n) is 12.7. The summed E-state index contributed by atoms with van der Waals surface area (Å²) in [6.45, 7) is 0.699. The molecule has 0 spiro atoms. The van der Waals surface area contributed by atoms with E-state index in [-0.39, 0.29) is 6.04 Å². The molecule has 1 unspecified atom stereocenters. The predicted octanol–water partition coefficient (Wildman–Crippen LogP) is 2.32. The largest absolute Gasteiger partial charge is 0.497 e. The van der Waals surface area contributed by atoms with E-state index in [1.54, 1.807) is 14.2 Å². The molecule has 0 saturated heterocycles. The number of nitrogens with two attached hydrogens (primary N) is 1. The number of hydrogen-bond donors (Lipinski definition) is 1. The summed E-state index contributed by atoms with van der Waals surface area (Å²) in [6, 6.07) is 6.65. The first-order valence-corrected chi connectivity index (χ1v) is 7.54. The van der Waals surface area contributed by atoms with Crippen LogP contribution in [0.5, 0.6) is 11.5 Å². The van der Waals surface area contributed by atoms with Gasteiger partial charge in [0.05, 0.1) is 26.8 Å². The van der Waals surface area contributed by atoms with Gasteiger partial charge < -0.3 is 20.1 Å². The van der Waals surface area contributed by atoms with Gasteiger partial charge in [-0.25, -0.2) is 0 Å². The Morgan fingerprint density at radius 1 is 1.19 bits per heavy atom. The SMILES string of the molecule is COc1ccc(C2CN=C(N)N2C2CCCC2)c(OC)c1. The molecule has 5 nitrogen and oxygen atoms in total. The minimum Gasteiger partial charge on any atom is -0.497 e. The van der Waals surface area contributed by atoms with Crippen molar-refractivity contribution in [2.24, 2.45) is 10.7 Å². The van der Waals surface area contributed by atoms with E-state index >= 15 is 0 Å². The van der Waals surface area contributed by atoms with Crippen LogP contribution in [-0.2, 0) is 0 Å². The fourth-order valence-corrected chi connectivity index (χ4v) is 3.48. The Morgan fingerprint density at radius 3 is 2.62 bits per heavy atom. The van der Waals surface area contributed by atoms with Crippen molar-refractivity contribution < 1.29 is 9.47 Å². The van der Waals surface area contributed by atoms with Gasteiger partial charge in [0.25, 0.3) is 0 Å². The van der Waals surface area contributed by atoms with Gasteiger partial charge in [0.2, 0.25) is 0 Å². The zero-order chi connectivity index (χ0) is 14.8. The second-order valence-electron chi connectivity index (χ2n) is 5.67. The van der Waals surface area contributed by atoms with Crippen LogP contribution in [0.15, 0.2) is 23.2 Å². The van der Waals surface area contributed by atoms with Crippen LogP contribution < -0.4 is 15.2 Å². The molecule has 0 radical (unpaired) electrons. The summed E-state index contributed by atoms with van der Waals surface area (Å²) >= 11 is 0. The van der Waals surface area contributed by atoms with Crippen molar-refractivity contribution in [1.29, 1.82) is 0 Å². The monoisotopic (exact) mass is 289 g/mol. The van der Waals surface area contributed by atoms with Gasteiger partial charge in [-0.2, -0.15) is 0 Å². The number of methoxy groups -OCH3 is 2. The molecule has 1 aromatic rings. The number of benzene rings is 1. The molecule has 1 saturated carbocycles. The van der Waals surface area contributed by atoms with Gasteiger partial charge in [0.15, 0.2) is 5.96 Å². The maximum Gasteiger partial charge on any atom is 0.192 e. The first kappa shape index (κ1) is 14.0. The Bertz CT molecular complexity index is 538. The molecule has 1 aromatic carbocycles. The van der Waals surface area contributed by atoms with Crippen LogP contribution in [0, 0.1) is 0 Å². The molecule has 1 aliphatic carbocycles. The summed E-state index contributed by atoms with van der Waals surface area (Å²) < 4.78 is 10.8. The zero-order valence-corrected chi connectivity index (χ0v) is 12.7. The van der Waals surface area contributed by atoms with E-state index in [9.17, 15) is 0 Å². The minimum atomic E-state index is 0.175. The third-order valence-electron chi connectivity index (χ3n) is 4.54. The van der Waals surface area contributed by atoms with E-state index in [0.29, 0.717) is 18.5 Å². The number of rotatable bonds is 4. The normalized spacial score (nSPS) is 22.5. The average molecular weight is 289 g/mol. The second kappa shape index (κ2) is 5.84. The molecule has 0 bridgehead atoms. The van der Waals surface area contributed by atoms with Gasteiger partial charge in [-0.15, -0.1) is 0 Å². The minimum absolute atomic E-state index is 0.175. The van der Waals surface area contributed by atoms with Crippen LogP contribution in [0.2, 0.25) is 0 Å².